The average Bonchev–Trinajstić information content (AvgIpc) is 2.53. The normalized spacial score (nSPS) is 19.3. The van der Waals surface area contributed by atoms with Gasteiger partial charge in [0.25, 0.3) is 0 Å². The smallest absolute Gasteiger partial charge is 0.0573 e. The van der Waals surface area contributed by atoms with Gasteiger partial charge in [-0.25, -0.2) is 0 Å². The molecule has 0 bridgehead atoms. The lowest BCUT2D eigenvalue weighted by atomic mass is 9.71. The highest BCUT2D eigenvalue weighted by Crippen LogP contribution is 2.39. The first kappa shape index (κ1) is 16.4. The summed E-state index contributed by atoms with van der Waals surface area (Å²) in [6.45, 7) is 3.54. The van der Waals surface area contributed by atoms with Gasteiger partial charge in [0.2, 0.25) is 0 Å². The fourth-order valence-electron chi connectivity index (χ4n) is 3.62. The molecule has 0 saturated heterocycles. The van der Waals surface area contributed by atoms with E-state index in [-0.39, 0.29) is 0 Å². The molecular weight excluding hydrogens is 260 g/mol. The first-order chi connectivity index (χ1) is 10.3. The van der Waals surface area contributed by atoms with E-state index in [0.29, 0.717) is 18.1 Å². The van der Waals surface area contributed by atoms with Crippen molar-refractivity contribution in [3.05, 3.63) is 30.1 Å². The predicted molar refractivity (Wildman–Crippen MR) is 87.1 cm³/mol. The summed E-state index contributed by atoms with van der Waals surface area (Å²) in [7, 11) is 0. The van der Waals surface area contributed by atoms with Gasteiger partial charge < -0.3 is 10.4 Å². The van der Waals surface area contributed by atoms with E-state index in [9.17, 15) is 5.11 Å². The lowest BCUT2D eigenvalue weighted by Crippen LogP contribution is -2.38. The highest BCUT2D eigenvalue weighted by atomic mass is 16.3. The quantitative estimate of drug-likeness (QED) is 0.764. The number of aliphatic hydroxyl groups excluding tert-OH is 1. The standard InChI is InChI=1S/C18H30N2O/c1-2-8-16(17-9-4-7-13-19-17)20-15-18(12-14-21)10-5-3-6-11-18/h4,7,9,13,16,20-21H,2-3,5-6,8,10-12,14-15H2,1H3. The maximum absolute atomic E-state index is 9.43. The number of aromatic nitrogens is 1. The SMILES string of the molecule is CCCC(NCC1(CCO)CCCCC1)c1ccccn1. The van der Waals surface area contributed by atoms with Crippen LogP contribution in [0.2, 0.25) is 0 Å². The molecule has 3 nitrogen and oxygen atoms in total. The number of pyridine rings is 1. The summed E-state index contributed by atoms with van der Waals surface area (Å²) in [5.41, 5.74) is 1.45. The lowest BCUT2D eigenvalue weighted by molar-refractivity contribution is 0.121. The third-order valence-electron chi connectivity index (χ3n) is 4.90. The van der Waals surface area contributed by atoms with Gasteiger partial charge in [-0.15, -0.1) is 0 Å². The first-order valence-electron chi connectivity index (χ1n) is 8.55. The maximum atomic E-state index is 9.43. The minimum Gasteiger partial charge on any atom is -0.396 e. The zero-order valence-corrected chi connectivity index (χ0v) is 13.4. The number of aliphatic hydroxyl groups is 1. The van der Waals surface area contributed by atoms with E-state index in [1.54, 1.807) is 0 Å². The van der Waals surface area contributed by atoms with Gasteiger partial charge in [-0.1, -0.05) is 38.7 Å². The summed E-state index contributed by atoms with van der Waals surface area (Å²) in [4.78, 5) is 4.52. The molecule has 1 atom stereocenters. The largest absolute Gasteiger partial charge is 0.396 e. The minimum atomic E-state index is 0.299. The van der Waals surface area contributed by atoms with Crippen LogP contribution >= 0.6 is 0 Å². The van der Waals surface area contributed by atoms with Crippen LogP contribution in [0.25, 0.3) is 0 Å². The van der Waals surface area contributed by atoms with Crippen LogP contribution in [0.4, 0.5) is 0 Å². The summed E-state index contributed by atoms with van der Waals surface area (Å²) in [6.07, 6.45) is 11.6. The summed E-state index contributed by atoms with van der Waals surface area (Å²) in [5, 5.41) is 13.2. The molecule has 0 amide bonds. The summed E-state index contributed by atoms with van der Waals surface area (Å²) >= 11 is 0. The summed E-state index contributed by atoms with van der Waals surface area (Å²) in [6, 6.07) is 6.50. The fourth-order valence-corrected chi connectivity index (χ4v) is 3.62. The van der Waals surface area contributed by atoms with E-state index in [1.807, 2.05) is 12.3 Å². The minimum absolute atomic E-state index is 0.299. The van der Waals surface area contributed by atoms with Gasteiger partial charge in [-0.3, -0.25) is 4.98 Å². The predicted octanol–water partition coefficient (Wildman–Crippen LogP) is 3.85. The van der Waals surface area contributed by atoms with Crippen molar-refractivity contribution in [1.82, 2.24) is 10.3 Å². The van der Waals surface area contributed by atoms with E-state index in [2.05, 4.69) is 29.4 Å². The fraction of sp³-hybridized carbons (Fsp3) is 0.722. The Kier molecular flexibility index (Phi) is 6.65. The highest BCUT2D eigenvalue weighted by Gasteiger charge is 2.32. The second kappa shape index (κ2) is 8.50. The van der Waals surface area contributed by atoms with E-state index in [4.69, 9.17) is 0 Å². The molecule has 1 aromatic heterocycles. The number of rotatable bonds is 8. The van der Waals surface area contributed by atoms with Crippen molar-refractivity contribution in [3.8, 4) is 0 Å². The lowest BCUT2D eigenvalue weighted by Gasteiger charge is -2.38. The first-order valence-corrected chi connectivity index (χ1v) is 8.55. The molecule has 118 valence electrons. The van der Waals surface area contributed by atoms with Crippen molar-refractivity contribution in [1.29, 1.82) is 0 Å². The number of hydrogen-bond donors (Lipinski definition) is 2. The Bertz CT molecular complexity index is 382. The van der Waals surface area contributed by atoms with Crippen LogP contribution < -0.4 is 5.32 Å². The second-order valence-corrected chi connectivity index (χ2v) is 6.51. The highest BCUT2D eigenvalue weighted by molar-refractivity contribution is 5.08. The van der Waals surface area contributed by atoms with Gasteiger partial charge in [0.15, 0.2) is 0 Å². The Morgan fingerprint density at radius 3 is 2.71 bits per heavy atom. The van der Waals surface area contributed by atoms with Crippen LogP contribution in [0.3, 0.4) is 0 Å². The van der Waals surface area contributed by atoms with Crippen LogP contribution in [0.15, 0.2) is 24.4 Å². The Hall–Kier alpha value is -0.930. The molecule has 0 aromatic carbocycles. The maximum Gasteiger partial charge on any atom is 0.0573 e. The molecule has 1 aliphatic rings. The van der Waals surface area contributed by atoms with Crippen molar-refractivity contribution in [2.75, 3.05) is 13.2 Å². The molecule has 1 aliphatic carbocycles. The van der Waals surface area contributed by atoms with E-state index >= 15 is 0 Å². The van der Waals surface area contributed by atoms with Crippen molar-refractivity contribution >= 4 is 0 Å². The molecule has 2 N–H and O–H groups in total. The Morgan fingerprint density at radius 1 is 1.29 bits per heavy atom. The van der Waals surface area contributed by atoms with Crippen LogP contribution in [0.1, 0.15) is 70.0 Å². The van der Waals surface area contributed by atoms with E-state index in [0.717, 1.165) is 31.5 Å². The number of hydrogen-bond acceptors (Lipinski definition) is 3. The van der Waals surface area contributed by atoms with Gasteiger partial charge in [0.1, 0.15) is 0 Å². The molecule has 1 aromatic rings. The molecular formula is C18H30N2O. The van der Waals surface area contributed by atoms with Crippen LogP contribution in [-0.2, 0) is 0 Å². The van der Waals surface area contributed by atoms with E-state index in [1.165, 1.54) is 32.1 Å². The van der Waals surface area contributed by atoms with Gasteiger partial charge in [-0.05, 0) is 43.2 Å². The average molecular weight is 290 g/mol. The van der Waals surface area contributed by atoms with Gasteiger partial charge in [0.05, 0.1) is 5.69 Å². The van der Waals surface area contributed by atoms with Gasteiger partial charge in [-0.2, -0.15) is 0 Å². The van der Waals surface area contributed by atoms with Gasteiger partial charge in [0, 0.05) is 25.4 Å². The Labute approximate surface area is 129 Å². The zero-order chi connectivity index (χ0) is 15.0. The number of nitrogens with zero attached hydrogens (tertiary/aromatic N) is 1. The Balaban J connectivity index is 1.99. The van der Waals surface area contributed by atoms with Crippen LogP contribution in [0.5, 0.6) is 0 Å². The molecule has 1 saturated carbocycles. The Morgan fingerprint density at radius 2 is 2.10 bits per heavy atom. The summed E-state index contributed by atoms with van der Waals surface area (Å²) < 4.78 is 0. The van der Waals surface area contributed by atoms with Crippen molar-refractivity contribution in [3.63, 3.8) is 0 Å². The second-order valence-electron chi connectivity index (χ2n) is 6.51. The summed E-state index contributed by atoms with van der Waals surface area (Å²) in [5.74, 6) is 0. The third kappa shape index (κ3) is 4.79. The monoisotopic (exact) mass is 290 g/mol. The zero-order valence-electron chi connectivity index (χ0n) is 13.4. The molecule has 1 unspecified atom stereocenters. The third-order valence-corrected chi connectivity index (χ3v) is 4.90. The molecule has 1 fully saturated rings. The van der Waals surface area contributed by atoms with Crippen molar-refractivity contribution in [2.24, 2.45) is 5.41 Å². The van der Waals surface area contributed by atoms with Gasteiger partial charge >= 0.3 is 0 Å². The topological polar surface area (TPSA) is 45.1 Å². The molecule has 2 rings (SSSR count). The molecule has 0 spiro atoms. The van der Waals surface area contributed by atoms with Crippen LogP contribution in [0, 0.1) is 5.41 Å². The number of nitrogens with one attached hydrogen (secondary N) is 1. The molecule has 3 heteroatoms. The molecule has 1 heterocycles. The van der Waals surface area contributed by atoms with E-state index < -0.39 is 0 Å². The molecule has 0 radical (unpaired) electrons. The van der Waals surface area contributed by atoms with Crippen LogP contribution in [-0.4, -0.2) is 23.2 Å². The molecule has 21 heavy (non-hydrogen) atoms. The van der Waals surface area contributed by atoms with Crippen molar-refractivity contribution in [2.45, 2.75) is 64.3 Å². The van der Waals surface area contributed by atoms with Crippen molar-refractivity contribution < 1.29 is 5.11 Å². The molecule has 0 aliphatic heterocycles.